The summed E-state index contributed by atoms with van der Waals surface area (Å²) in [7, 11) is 6.22. The lowest BCUT2D eigenvalue weighted by atomic mass is 10.1. The van der Waals surface area contributed by atoms with Crippen molar-refractivity contribution in [3.63, 3.8) is 0 Å². The monoisotopic (exact) mass is 1040 g/mol. The zero-order chi connectivity index (χ0) is 54.1. The number of para-hydroxylation sites is 3. The van der Waals surface area contributed by atoms with Gasteiger partial charge in [-0.25, -0.2) is 29.9 Å². The number of halogens is 1. The Labute approximate surface area is 439 Å². The van der Waals surface area contributed by atoms with E-state index >= 15 is 0 Å². The molecule has 6 aromatic carbocycles. The van der Waals surface area contributed by atoms with E-state index in [2.05, 4.69) is 29.9 Å². The summed E-state index contributed by atoms with van der Waals surface area (Å²) in [5.41, 5.74) is 8.61. The molecule has 1 N–H and O–H groups in total. The first-order chi connectivity index (χ1) is 36.8. The minimum Gasteiger partial charge on any atom is -0.502 e. The number of methoxy groups -OCH3 is 4. The number of aromatic nitrogens is 6. The van der Waals surface area contributed by atoms with E-state index in [4.69, 9.17) is 30.5 Å². The zero-order valence-electron chi connectivity index (χ0n) is 41.1. The van der Waals surface area contributed by atoms with Crippen LogP contribution >= 0.6 is 11.6 Å². The van der Waals surface area contributed by atoms with Crippen molar-refractivity contribution >= 4 is 28.7 Å². The standard InChI is InChI=1S/C19H17N3O4.C18H14ClN3O3.C18H15N3O4/c1-25-18-6-4-3-5-15(18)16-11-14(20-12-21-16)9-13-7-8-19(26-2)17(10-13)22(23)24;1-25-18-5-3-2-4-14(18)16-10-13(20-11-21-16)8-12-6-7-15(19)17(9-12)22(23)24;1-25-18-5-3-2-4-14(18)15-10-13(19-11-20-15)8-12-6-7-17(22)16(9-12)21(23)24/h3-8,10-12H,9H2,1-2H3;2-7,9-11H,8H2,1H3;2-7,9-11,22H,8H2,1H3. The lowest BCUT2D eigenvalue weighted by Gasteiger charge is -2.09. The molecule has 20 nitrogen and oxygen atoms in total. The Hall–Kier alpha value is -9.95. The Bertz CT molecular complexity index is 3380. The molecule has 0 spiro atoms. The number of aromatic hydroxyl groups is 1. The summed E-state index contributed by atoms with van der Waals surface area (Å²) in [6.45, 7) is 0. The molecular formula is C55H46ClN9O11. The summed E-state index contributed by atoms with van der Waals surface area (Å²) in [5, 5.41) is 42.8. The number of hydrogen-bond donors (Lipinski definition) is 1. The molecule has 384 valence electrons. The highest BCUT2D eigenvalue weighted by Crippen LogP contribution is 2.34. The van der Waals surface area contributed by atoms with Crippen LogP contribution in [0.25, 0.3) is 33.8 Å². The first kappa shape index (κ1) is 53.8. The van der Waals surface area contributed by atoms with Crippen molar-refractivity contribution in [2.45, 2.75) is 19.3 Å². The van der Waals surface area contributed by atoms with Gasteiger partial charge >= 0.3 is 11.4 Å². The van der Waals surface area contributed by atoms with Crippen molar-refractivity contribution in [1.82, 2.24) is 29.9 Å². The molecule has 21 heteroatoms. The smallest absolute Gasteiger partial charge is 0.311 e. The predicted octanol–water partition coefficient (Wildman–Crippen LogP) is 11.3. The van der Waals surface area contributed by atoms with Crippen molar-refractivity contribution in [2.75, 3.05) is 28.4 Å². The number of phenolic OH excluding ortho intramolecular Hbond substituents is 1. The predicted molar refractivity (Wildman–Crippen MR) is 283 cm³/mol. The normalized spacial score (nSPS) is 10.4. The zero-order valence-corrected chi connectivity index (χ0v) is 41.9. The molecule has 0 fully saturated rings. The van der Waals surface area contributed by atoms with Crippen LogP contribution in [-0.2, 0) is 19.3 Å². The number of nitrogens with zero attached hydrogens (tertiary/aromatic N) is 9. The number of ether oxygens (including phenoxy) is 4. The fourth-order valence-corrected chi connectivity index (χ4v) is 7.93. The van der Waals surface area contributed by atoms with Crippen LogP contribution in [0.1, 0.15) is 33.8 Å². The minimum atomic E-state index is -0.612. The number of benzene rings is 6. The van der Waals surface area contributed by atoms with E-state index in [1.54, 1.807) is 45.6 Å². The maximum absolute atomic E-state index is 11.2. The van der Waals surface area contributed by atoms with Crippen LogP contribution in [-0.4, -0.2) is 78.2 Å². The number of nitro benzene ring substituents is 3. The third kappa shape index (κ3) is 13.8. The average Bonchev–Trinajstić information content (AvgIpc) is 3.44. The first-order valence-corrected chi connectivity index (χ1v) is 23.2. The van der Waals surface area contributed by atoms with E-state index < -0.39 is 14.8 Å². The molecule has 0 amide bonds. The molecule has 0 radical (unpaired) electrons. The Morgan fingerprint density at radius 3 is 1.14 bits per heavy atom. The first-order valence-electron chi connectivity index (χ1n) is 22.8. The summed E-state index contributed by atoms with van der Waals surface area (Å²) in [4.78, 5) is 57.2. The summed E-state index contributed by atoms with van der Waals surface area (Å²) < 4.78 is 21.1. The Morgan fingerprint density at radius 2 is 0.763 bits per heavy atom. The van der Waals surface area contributed by atoms with E-state index in [1.807, 2.05) is 91.0 Å². The highest BCUT2D eigenvalue weighted by molar-refractivity contribution is 6.32. The molecule has 0 saturated heterocycles. The van der Waals surface area contributed by atoms with Gasteiger partial charge in [0.2, 0.25) is 0 Å². The Balaban J connectivity index is 0.000000166. The van der Waals surface area contributed by atoms with Gasteiger partial charge in [0.05, 0.1) is 60.3 Å². The SMILES string of the molecule is COc1ccccc1-c1cc(Cc2ccc(Cl)c([N+](=O)[O-])c2)ncn1.COc1ccccc1-c1cc(Cc2ccc(O)c([N+](=O)[O-])c2)ncn1.COc1ccccc1-c1cc(Cc2ccc(OC)c([N+](=O)[O-])c2)ncn1. The maximum atomic E-state index is 11.2. The van der Waals surface area contributed by atoms with Gasteiger partial charge in [-0.15, -0.1) is 0 Å². The van der Waals surface area contributed by atoms with Crippen LogP contribution in [0.5, 0.6) is 28.7 Å². The van der Waals surface area contributed by atoms with Gasteiger partial charge in [-0.3, -0.25) is 30.3 Å². The maximum Gasteiger partial charge on any atom is 0.311 e. The second kappa shape index (κ2) is 25.6. The van der Waals surface area contributed by atoms with Gasteiger partial charge in [0.15, 0.2) is 11.5 Å². The largest absolute Gasteiger partial charge is 0.502 e. The summed E-state index contributed by atoms with van der Waals surface area (Å²) in [6, 6.07) is 42.1. The topological polar surface area (TPSA) is 264 Å². The molecule has 0 atom stereocenters. The van der Waals surface area contributed by atoms with Gasteiger partial charge < -0.3 is 24.1 Å². The number of phenols is 1. The van der Waals surface area contributed by atoms with Crippen molar-refractivity contribution < 1.29 is 38.8 Å². The molecule has 0 aliphatic carbocycles. The van der Waals surface area contributed by atoms with Gasteiger partial charge in [-0.2, -0.15) is 0 Å². The molecule has 76 heavy (non-hydrogen) atoms. The fraction of sp³-hybridized carbons (Fsp3) is 0.127. The third-order valence-corrected chi connectivity index (χ3v) is 11.7. The van der Waals surface area contributed by atoms with Crippen LogP contribution in [0.15, 0.2) is 165 Å². The Kier molecular flexibility index (Phi) is 18.2. The molecule has 3 heterocycles. The second-order valence-corrected chi connectivity index (χ2v) is 16.6. The highest BCUT2D eigenvalue weighted by atomic mass is 35.5. The van der Waals surface area contributed by atoms with Gasteiger partial charge in [0.25, 0.3) is 5.69 Å². The van der Waals surface area contributed by atoms with E-state index in [-0.39, 0.29) is 33.6 Å². The van der Waals surface area contributed by atoms with Crippen LogP contribution in [0.4, 0.5) is 17.1 Å². The van der Waals surface area contributed by atoms with Gasteiger partial charge in [0, 0.05) is 71.2 Å². The molecule has 0 saturated carbocycles. The van der Waals surface area contributed by atoms with Crippen LogP contribution < -0.4 is 18.9 Å². The van der Waals surface area contributed by atoms with Gasteiger partial charge in [-0.1, -0.05) is 66.2 Å². The van der Waals surface area contributed by atoms with Gasteiger partial charge in [-0.05, 0) is 89.5 Å². The van der Waals surface area contributed by atoms with Crippen molar-refractivity contribution in [2.24, 2.45) is 0 Å². The molecule has 9 rings (SSSR count). The van der Waals surface area contributed by atoms with Crippen molar-refractivity contribution in [3.8, 4) is 62.5 Å². The molecular weight excluding hydrogens is 998 g/mol. The summed E-state index contributed by atoms with van der Waals surface area (Å²) in [5.74, 6) is 2.02. The van der Waals surface area contributed by atoms with Crippen LogP contribution in [0, 0.1) is 30.3 Å². The van der Waals surface area contributed by atoms with Gasteiger partial charge in [0.1, 0.15) is 41.3 Å². The van der Waals surface area contributed by atoms with Crippen molar-refractivity contribution in [3.05, 3.63) is 234 Å². The summed E-state index contributed by atoms with van der Waals surface area (Å²) >= 11 is 5.85. The number of nitro groups is 3. The van der Waals surface area contributed by atoms with E-state index in [1.165, 1.54) is 56.4 Å². The Morgan fingerprint density at radius 1 is 0.421 bits per heavy atom. The van der Waals surface area contributed by atoms with E-state index in [0.717, 1.165) is 56.3 Å². The molecule has 0 unspecified atom stereocenters. The second-order valence-electron chi connectivity index (χ2n) is 16.2. The molecule has 0 bridgehead atoms. The quantitative estimate of drug-likeness (QED) is 0.0696. The molecule has 3 aromatic heterocycles. The minimum absolute atomic E-state index is 0.0657. The molecule has 0 aliphatic rings. The average molecular weight is 1040 g/mol. The van der Waals surface area contributed by atoms with Crippen LogP contribution in [0.3, 0.4) is 0 Å². The van der Waals surface area contributed by atoms with Crippen LogP contribution in [0.2, 0.25) is 5.02 Å². The third-order valence-electron chi connectivity index (χ3n) is 11.4. The van der Waals surface area contributed by atoms with E-state index in [9.17, 15) is 35.4 Å². The number of hydrogen-bond acceptors (Lipinski definition) is 17. The van der Waals surface area contributed by atoms with E-state index in [0.29, 0.717) is 47.7 Å². The van der Waals surface area contributed by atoms with Crippen molar-refractivity contribution in [1.29, 1.82) is 0 Å². The highest BCUT2D eigenvalue weighted by Gasteiger charge is 2.18. The summed E-state index contributed by atoms with van der Waals surface area (Å²) in [6.07, 6.45) is 5.66. The number of rotatable bonds is 16. The molecule has 9 aromatic rings. The lowest BCUT2D eigenvalue weighted by molar-refractivity contribution is -0.386. The lowest BCUT2D eigenvalue weighted by Crippen LogP contribution is -1.98. The molecule has 0 aliphatic heterocycles. The fourth-order valence-electron chi connectivity index (χ4n) is 7.74.